The summed E-state index contributed by atoms with van der Waals surface area (Å²) >= 11 is 0. The van der Waals surface area contributed by atoms with Gasteiger partial charge in [-0.3, -0.25) is 34.2 Å². The molecule has 1 fully saturated rings. The number of carbonyl (C=O) groups excluding carboxylic acids is 5. The first kappa shape index (κ1) is 26.9. The molecule has 1 saturated heterocycles. The maximum Gasteiger partial charge on any atom is 0.264 e. The van der Waals surface area contributed by atoms with Gasteiger partial charge in [0.05, 0.1) is 17.7 Å². The SMILES string of the molecule is C#CCOCCNC(=O)CCCCCCCNc1cccc2c1C(=O)N(C1CCC(=O)NC1=O)C2=O. The van der Waals surface area contributed by atoms with Gasteiger partial charge < -0.3 is 15.4 Å². The Morgan fingerprint density at radius 3 is 2.64 bits per heavy atom. The van der Waals surface area contributed by atoms with Crippen molar-refractivity contribution >= 4 is 35.2 Å². The number of nitrogens with zero attached hydrogens (tertiary/aromatic N) is 1. The highest BCUT2D eigenvalue weighted by Gasteiger charge is 2.45. The van der Waals surface area contributed by atoms with Crippen LogP contribution in [0.5, 0.6) is 0 Å². The van der Waals surface area contributed by atoms with E-state index in [1.54, 1.807) is 18.2 Å². The number of anilines is 1. The van der Waals surface area contributed by atoms with Crippen LogP contribution in [0.15, 0.2) is 18.2 Å². The molecule has 10 nitrogen and oxygen atoms in total. The van der Waals surface area contributed by atoms with E-state index >= 15 is 0 Å². The predicted molar refractivity (Wildman–Crippen MR) is 132 cm³/mol. The molecule has 36 heavy (non-hydrogen) atoms. The van der Waals surface area contributed by atoms with E-state index in [4.69, 9.17) is 11.2 Å². The zero-order valence-corrected chi connectivity index (χ0v) is 20.3. The molecule has 2 aliphatic rings. The van der Waals surface area contributed by atoms with Crippen LogP contribution >= 0.6 is 0 Å². The molecule has 0 aliphatic carbocycles. The minimum absolute atomic E-state index is 0.00414. The molecule has 10 heteroatoms. The van der Waals surface area contributed by atoms with Gasteiger partial charge in [0.15, 0.2) is 0 Å². The Bertz CT molecular complexity index is 1050. The van der Waals surface area contributed by atoms with Crippen LogP contribution < -0.4 is 16.0 Å². The Hall–Kier alpha value is -3.71. The number of benzene rings is 1. The molecule has 3 rings (SSSR count). The van der Waals surface area contributed by atoms with Crippen molar-refractivity contribution in [3.63, 3.8) is 0 Å². The molecule has 5 amide bonds. The molecule has 192 valence electrons. The molecule has 0 radical (unpaired) electrons. The zero-order valence-electron chi connectivity index (χ0n) is 20.3. The van der Waals surface area contributed by atoms with Crippen molar-refractivity contribution in [2.75, 3.05) is 31.6 Å². The highest BCUT2D eigenvalue weighted by molar-refractivity contribution is 6.25. The van der Waals surface area contributed by atoms with E-state index in [1.807, 2.05) is 0 Å². The van der Waals surface area contributed by atoms with E-state index in [0.717, 1.165) is 37.0 Å². The van der Waals surface area contributed by atoms with Crippen LogP contribution in [-0.2, 0) is 19.1 Å². The average Bonchev–Trinajstić information content (AvgIpc) is 3.11. The summed E-state index contributed by atoms with van der Waals surface area (Å²) in [6, 6.07) is 4.04. The Morgan fingerprint density at radius 2 is 1.86 bits per heavy atom. The van der Waals surface area contributed by atoms with Gasteiger partial charge in [-0.2, -0.15) is 0 Å². The van der Waals surface area contributed by atoms with E-state index in [2.05, 4.69) is 21.9 Å². The van der Waals surface area contributed by atoms with Crippen molar-refractivity contribution in [2.24, 2.45) is 0 Å². The lowest BCUT2D eigenvalue weighted by Crippen LogP contribution is -2.54. The van der Waals surface area contributed by atoms with Crippen LogP contribution in [0, 0.1) is 12.3 Å². The molecule has 0 bridgehead atoms. The summed E-state index contributed by atoms with van der Waals surface area (Å²) in [6.07, 6.45) is 10.3. The second-order valence-corrected chi connectivity index (χ2v) is 8.73. The van der Waals surface area contributed by atoms with Gasteiger partial charge in [0.1, 0.15) is 12.6 Å². The Labute approximate surface area is 210 Å². The van der Waals surface area contributed by atoms with Gasteiger partial charge in [-0.15, -0.1) is 6.42 Å². The monoisotopic (exact) mass is 496 g/mol. The molecular weight excluding hydrogens is 464 g/mol. The van der Waals surface area contributed by atoms with E-state index in [9.17, 15) is 24.0 Å². The van der Waals surface area contributed by atoms with Crippen molar-refractivity contribution < 1.29 is 28.7 Å². The molecule has 1 unspecified atom stereocenters. The van der Waals surface area contributed by atoms with E-state index in [1.165, 1.54) is 0 Å². The van der Waals surface area contributed by atoms with Gasteiger partial charge in [-0.25, -0.2) is 0 Å². The fraction of sp³-hybridized carbons (Fsp3) is 0.500. The number of hydrogen-bond acceptors (Lipinski definition) is 7. The molecule has 1 atom stereocenters. The fourth-order valence-corrected chi connectivity index (χ4v) is 4.31. The number of piperidine rings is 1. The third-order valence-electron chi connectivity index (χ3n) is 6.12. The highest BCUT2D eigenvalue weighted by atomic mass is 16.5. The van der Waals surface area contributed by atoms with E-state index in [-0.39, 0.29) is 36.5 Å². The first-order valence-corrected chi connectivity index (χ1v) is 12.3. The maximum atomic E-state index is 13.1. The Balaban J connectivity index is 1.37. The molecule has 0 aromatic heterocycles. The lowest BCUT2D eigenvalue weighted by molar-refractivity contribution is -0.136. The number of amides is 5. The highest BCUT2D eigenvalue weighted by Crippen LogP contribution is 2.32. The third-order valence-corrected chi connectivity index (χ3v) is 6.12. The summed E-state index contributed by atoms with van der Waals surface area (Å²) in [4.78, 5) is 62.4. The van der Waals surface area contributed by atoms with Crippen molar-refractivity contribution in [2.45, 2.75) is 57.4 Å². The van der Waals surface area contributed by atoms with E-state index < -0.39 is 29.7 Å². The van der Waals surface area contributed by atoms with Crippen LogP contribution in [0.3, 0.4) is 0 Å². The van der Waals surface area contributed by atoms with Crippen LogP contribution in [0.4, 0.5) is 5.69 Å². The van der Waals surface area contributed by atoms with Gasteiger partial charge >= 0.3 is 0 Å². The second kappa shape index (κ2) is 13.4. The van der Waals surface area contributed by atoms with Crippen molar-refractivity contribution in [3.8, 4) is 12.3 Å². The predicted octanol–water partition coefficient (Wildman–Crippen LogP) is 1.61. The minimum Gasteiger partial charge on any atom is -0.384 e. The topological polar surface area (TPSA) is 134 Å². The number of fused-ring (bicyclic) bond motifs is 1. The summed E-state index contributed by atoms with van der Waals surface area (Å²) in [5, 5.41) is 8.23. The minimum atomic E-state index is -0.980. The first-order valence-electron chi connectivity index (χ1n) is 12.3. The summed E-state index contributed by atoms with van der Waals surface area (Å²) in [6.45, 7) is 1.72. The third kappa shape index (κ3) is 6.92. The molecule has 2 heterocycles. The van der Waals surface area contributed by atoms with Gasteiger partial charge in [-0.05, 0) is 31.4 Å². The number of rotatable bonds is 14. The lowest BCUT2D eigenvalue weighted by Gasteiger charge is -2.27. The maximum absolute atomic E-state index is 13.1. The second-order valence-electron chi connectivity index (χ2n) is 8.73. The number of carbonyl (C=O) groups is 5. The number of imide groups is 2. The quantitative estimate of drug-likeness (QED) is 0.202. The molecule has 0 spiro atoms. The molecule has 1 aromatic carbocycles. The van der Waals surface area contributed by atoms with Gasteiger partial charge in [-0.1, -0.05) is 31.2 Å². The molecule has 3 N–H and O–H groups in total. The normalized spacial score (nSPS) is 17.0. The molecule has 1 aromatic rings. The molecule has 2 aliphatic heterocycles. The Kier molecular flexibility index (Phi) is 10.0. The van der Waals surface area contributed by atoms with Crippen LogP contribution in [0.1, 0.15) is 72.1 Å². The van der Waals surface area contributed by atoms with Gasteiger partial charge in [0.2, 0.25) is 17.7 Å². The lowest BCUT2D eigenvalue weighted by atomic mass is 10.0. The summed E-state index contributed by atoms with van der Waals surface area (Å²) < 4.78 is 5.10. The Morgan fingerprint density at radius 1 is 1.08 bits per heavy atom. The number of nitrogens with one attached hydrogen (secondary N) is 3. The number of terminal acetylenes is 1. The van der Waals surface area contributed by atoms with Crippen molar-refractivity contribution in [1.29, 1.82) is 0 Å². The van der Waals surface area contributed by atoms with Crippen LogP contribution in [0.2, 0.25) is 0 Å². The standard InChI is InChI=1S/C26H32N4O6/c1-2-16-36-17-15-28-21(31)11-6-4-3-5-7-14-27-19-10-8-9-18-23(19)26(35)30(25(18)34)20-12-13-22(32)29-24(20)33/h1,8-10,20,27H,3-7,11-17H2,(H,28,31)(H,29,32,33). The summed E-state index contributed by atoms with van der Waals surface area (Å²) in [5.41, 5.74) is 1.09. The number of unbranched alkanes of at least 4 members (excludes halogenated alkanes) is 4. The number of hydrogen-bond donors (Lipinski definition) is 3. The molecular formula is C26H32N4O6. The zero-order chi connectivity index (χ0) is 25.9. The first-order chi connectivity index (χ1) is 17.4. The van der Waals surface area contributed by atoms with Crippen molar-refractivity contribution in [3.05, 3.63) is 29.3 Å². The smallest absolute Gasteiger partial charge is 0.264 e. The van der Waals surface area contributed by atoms with Gasteiger partial charge in [0.25, 0.3) is 11.8 Å². The molecule has 0 saturated carbocycles. The average molecular weight is 497 g/mol. The van der Waals surface area contributed by atoms with Crippen LogP contribution in [0.25, 0.3) is 0 Å². The van der Waals surface area contributed by atoms with Gasteiger partial charge in [0, 0.05) is 31.6 Å². The van der Waals surface area contributed by atoms with Crippen LogP contribution in [-0.4, -0.2) is 66.8 Å². The largest absolute Gasteiger partial charge is 0.384 e. The van der Waals surface area contributed by atoms with E-state index in [0.29, 0.717) is 31.8 Å². The van der Waals surface area contributed by atoms with Crippen molar-refractivity contribution in [1.82, 2.24) is 15.5 Å². The fourth-order valence-electron chi connectivity index (χ4n) is 4.31. The summed E-state index contributed by atoms with van der Waals surface area (Å²) in [7, 11) is 0. The summed E-state index contributed by atoms with van der Waals surface area (Å²) in [5.74, 6) is 0.309. The number of ether oxygens (including phenoxy) is 1.